The number of hydrogen-bond donors (Lipinski definition) is 0. The highest BCUT2D eigenvalue weighted by atomic mass is 16.6. The van der Waals surface area contributed by atoms with Crippen molar-refractivity contribution in [3.8, 4) is 11.5 Å². The Bertz CT molecular complexity index is 659. The summed E-state index contributed by atoms with van der Waals surface area (Å²) >= 11 is 0. The molecule has 0 aliphatic rings. The van der Waals surface area contributed by atoms with Crippen LogP contribution < -0.4 is 9.47 Å². The van der Waals surface area contributed by atoms with Crippen LogP contribution in [-0.4, -0.2) is 12.0 Å². The van der Waals surface area contributed by atoms with Gasteiger partial charge < -0.3 is 9.47 Å². The molecular formula is C14H13NO4. The monoisotopic (exact) mass is 262 g/mol. The van der Waals surface area contributed by atoms with Gasteiger partial charge in [-0.1, -0.05) is 30.3 Å². The second kappa shape index (κ2) is 5.86. The summed E-state index contributed by atoms with van der Waals surface area (Å²) in [5, 5.41) is 10.9. The van der Waals surface area contributed by atoms with Crippen LogP contribution in [0.25, 0.3) is 0 Å². The molecule has 2 aromatic carbocycles. The Balaban J connectivity index is 2.19. The SMILES string of the molecule is [2H]C([2H])([2H])Oc1cc(OCc2ccccc2)ccc1[N+](=O)[O-]. The Labute approximate surface area is 114 Å². The minimum Gasteiger partial charge on any atom is -0.490 e. The number of benzene rings is 2. The lowest BCUT2D eigenvalue weighted by Gasteiger charge is -2.08. The third kappa shape index (κ3) is 3.22. The second-order valence-corrected chi connectivity index (χ2v) is 3.76. The van der Waals surface area contributed by atoms with Gasteiger partial charge in [-0.3, -0.25) is 10.1 Å². The van der Waals surface area contributed by atoms with Crippen LogP contribution in [0.3, 0.4) is 0 Å². The van der Waals surface area contributed by atoms with E-state index in [1.807, 2.05) is 30.3 Å². The van der Waals surface area contributed by atoms with Crippen molar-refractivity contribution in [2.45, 2.75) is 6.61 Å². The summed E-state index contributed by atoms with van der Waals surface area (Å²) in [5.74, 6) is -0.0655. The molecule has 0 saturated carbocycles. The lowest BCUT2D eigenvalue weighted by molar-refractivity contribution is -0.385. The predicted octanol–water partition coefficient (Wildman–Crippen LogP) is 3.18. The highest BCUT2D eigenvalue weighted by Gasteiger charge is 2.15. The molecule has 2 rings (SSSR count). The van der Waals surface area contributed by atoms with Crippen LogP contribution in [-0.2, 0) is 6.61 Å². The van der Waals surface area contributed by atoms with Crippen molar-refractivity contribution in [2.75, 3.05) is 7.04 Å². The van der Waals surface area contributed by atoms with Crippen molar-refractivity contribution in [3.63, 3.8) is 0 Å². The van der Waals surface area contributed by atoms with E-state index in [0.717, 1.165) is 11.6 Å². The van der Waals surface area contributed by atoms with E-state index >= 15 is 0 Å². The molecule has 0 bridgehead atoms. The van der Waals surface area contributed by atoms with Gasteiger partial charge in [0.25, 0.3) is 0 Å². The zero-order valence-electron chi connectivity index (χ0n) is 12.9. The van der Waals surface area contributed by atoms with Gasteiger partial charge in [0.15, 0.2) is 0 Å². The summed E-state index contributed by atoms with van der Waals surface area (Å²) in [6, 6.07) is 13.1. The summed E-state index contributed by atoms with van der Waals surface area (Å²) in [4.78, 5) is 10.2. The topological polar surface area (TPSA) is 61.6 Å². The average molecular weight is 262 g/mol. The second-order valence-electron chi connectivity index (χ2n) is 3.76. The molecule has 0 aromatic heterocycles. The largest absolute Gasteiger partial charge is 0.490 e. The number of ether oxygens (including phenoxy) is 2. The van der Waals surface area contributed by atoms with Gasteiger partial charge in [0.2, 0.25) is 5.75 Å². The first-order valence-corrected chi connectivity index (χ1v) is 5.49. The van der Waals surface area contributed by atoms with Gasteiger partial charge in [-0.15, -0.1) is 0 Å². The molecule has 98 valence electrons. The fourth-order valence-electron chi connectivity index (χ4n) is 1.56. The molecule has 2 aromatic rings. The maximum atomic E-state index is 10.9. The number of nitro benzene ring substituents is 1. The fraction of sp³-hybridized carbons (Fsp3) is 0.143. The van der Waals surface area contributed by atoms with E-state index < -0.39 is 17.6 Å². The minimum absolute atomic E-state index is 0.256. The summed E-state index contributed by atoms with van der Waals surface area (Å²) in [7, 11) is -2.77. The van der Waals surface area contributed by atoms with Gasteiger partial charge in [0.1, 0.15) is 12.4 Å². The normalized spacial score (nSPS) is 12.9. The first-order chi connectivity index (χ1) is 10.3. The number of hydrogen-bond acceptors (Lipinski definition) is 4. The molecule has 0 aliphatic heterocycles. The molecule has 0 amide bonds. The van der Waals surface area contributed by atoms with Gasteiger partial charge in [-0.25, -0.2) is 0 Å². The van der Waals surface area contributed by atoms with Crippen molar-refractivity contribution in [3.05, 3.63) is 64.2 Å². The Morgan fingerprint density at radius 2 is 2.05 bits per heavy atom. The van der Waals surface area contributed by atoms with Crippen LogP contribution in [0, 0.1) is 10.1 Å². The van der Waals surface area contributed by atoms with Gasteiger partial charge in [0, 0.05) is 12.1 Å². The van der Waals surface area contributed by atoms with Crippen molar-refractivity contribution in [2.24, 2.45) is 0 Å². The fourth-order valence-corrected chi connectivity index (χ4v) is 1.56. The van der Waals surface area contributed by atoms with E-state index in [4.69, 9.17) is 8.85 Å². The van der Waals surface area contributed by atoms with E-state index in [2.05, 4.69) is 4.74 Å². The number of nitrogens with zero attached hydrogens (tertiary/aromatic N) is 1. The summed E-state index contributed by atoms with van der Waals surface area (Å²) in [6.45, 7) is 0.256. The van der Waals surface area contributed by atoms with Crippen molar-refractivity contribution in [1.29, 1.82) is 0 Å². The molecule has 0 fully saturated rings. The van der Waals surface area contributed by atoms with E-state index in [1.54, 1.807) is 0 Å². The lowest BCUT2D eigenvalue weighted by atomic mass is 10.2. The van der Waals surface area contributed by atoms with Crippen LogP contribution in [0.4, 0.5) is 5.69 Å². The molecule has 19 heavy (non-hydrogen) atoms. The van der Waals surface area contributed by atoms with Gasteiger partial charge in [-0.05, 0) is 11.6 Å². The third-order valence-corrected chi connectivity index (χ3v) is 2.49. The number of methoxy groups -OCH3 is 1. The van der Waals surface area contributed by atoms with E-state index in [-0.39, 0.29) is 18.1 Å². The molecule has 0 N–H and O–H groups in total. The molecule has 0 spiro atoms. The zero-order chi connectivity index (χ0) is 16.2. The average Bonchev–Trinajstić information content (AvgIpc) is 2.44. The number of rotatable bonds is 5. The minimum atomic E-state index is -2.77. The van der Waals surface area contributed by atoms with Crippen molar-refractivity contribution < 1.29 is 18.5 Å². The van der Waals surface area contributed by atoms with Crippen LogP contribution in [0.15, 0.2) is 48.5 Å². The van der Waals surface area contributed by atoms with E-state index in [9.17, 15) is 10.1 Å². The molecule has 0 aliphatic carbocycles. The Morgan fingerprint density at radius 1 is 1.26 bits per heavy atom. The molecule has 0 unspecified atom stereocenters. The molecule has 5 heteroatoms. The standard InChI is InChI=1S/C14H13NO4/c1-18-14-9-12(7-8-13(14)15(16)17)19-10-11-5-3-2-4-6-11/h2-9H,10H2,1H3/i1D3. The highest BCUT2D eigenvalue weighted by Crippen LogP contribution is 2.31. The zero-order valence-corrected chi connectivity index (χ0v) is 9.91. The van der Waals surface area contributed by atoms with Crippen LogP contribution in [0.2, 0.25) is 0 Å². The first-order valence-electron chi connectivity index (χ1n) is 6.99. The molecule has 0 radical (unpaired) electrons. The van der Waals surface area contributed by atoms with Gasteiger partial charge in [0.05, 0.1) is 16.1 Å². The summed E-state index contributed by atoms with van der Waals surface area (Å²) < 4.78 is 31.3. The predicted molar refractivity (Wildman–Crippen MR) is 70.4 cm³/mol. The quantitative estimate of drug-likeness (QED) is 0.613. The van der Waals surface area contributed by atoms with Crippen LogP contribution in [0.5, 0.6) is 11.5 Å². The lowest BCUT2D eigenvalue weighted by Crippen LogP contribution is -1.97. The van der Waals surface area contributed by atoms with Crippen LogP contribution in [0.1, 0.15) is 9.68 Å². The summed E-state index contributed by atoms with van der Waals surface area (Å²) in [5.41, 5.74) is 0.488. The van der Waals surface area contributed by atoms with Crippen molar-refractivity contribution >= 4 is 5.69 Å². The Hall–Kier alpha value is -2.56. The van der Waals surface area contributed by atoms with Crippen molar-refractivity contribution in [1.82, 2.24) is 0 Å². The summed E-state index contributed by atoms with van der Waals surface area (Å²) in [6.07, 6.45) is 0. The maximum absolute atomic E-state index is 10.9. The van der Waals surface area contributed by atoms with Gasteiger partial charge >= 0.3 is 5.69 Å². The van der Waals surface area contributed by atoms with Crippen LogP contribution >= 0.6 is 0 Å². The van der Waals surface area contributed by atoms with E-state index in [1.165, 1.54) is 12.1 Å². The molecule has 5 nitrogen and oxygen atoms in total. The molecule has 0 heterocycles. The molecular weight excluding hydrogens is 246 g/mol. The number of nitro groups is 1. The Kier molecular flexibility index (Phi) is 2.89. The first kappa shape index (κ1) is 9.38. The molecule has 0 saturated heterocycles. The Morgan fingerprint density at radius 3 is 2.74 bits per heavy atom. The van der Waals surface area contributed by atoms with E-state index in [0.29, 0.717) is 0 Å². The maximum Gasteiger partial charge on any atom is 0.311 e. The highest BCUT2D eigenvalue weighted by molar-refractivity contribution is 5.50. The third-order valence-electron chi connectivity index (χ3n) is 2.49. The molecule has 0 atom stereocenters. The van der Waals surface area contributed by atoms with Gasteiger partial charge in [-0.2, -0.15) is 0 Å². The smallest absolute Gasteiger partial charge is 0.311 e.